The first kappa shape index (κ1) is 15.4. The van der Waals surface area contributed by atoms with E-state index in [0.29, 0.717) is 15.2 Å². The van der Waals surface area contributed by atoms with Gasteiger partial charge in [0.1, 0.15) is 4.90 Å². The molecule has 1 unspecified atom stereocenters. The van der Waals surface area contributed by atoms with Crippen LogP contribution in [0.4, 0.5) is 0 Å². The van der Waals surface area contributed by atoms with Gasteiger partial charge in [-0.2, -0.15) is 4.31 Å². The number of hydrogen-bond acceptors (Lipinski definition) is 5. The van der Waals surface area contributed by atoms with E-state index >= 15 is 0 Å². The number of rotatable bonds is 3. The zero-order valence-electron chi connectivity index (χ0n) is 10.8. The molecule has 108 valence electrons. The molecule has 1 aliphatic heterocycles. The van der Waals surface area contributed by atoms with E-state index in [4.69, 9.17) is 5.11 Å². The maximum atomic E-state index is 12.7. The molecule has 1 fully saturated rings. The van der Waals surface area contributed by atoms with Gasteiger partial charge in [0.15, 0.2) is 0 Å². The summed E-state index contributed by atoms with van der Waals surface area (Å²) in [5.74, 6) is 0. The first-order valence-electron chi connectivity index (χ1n) is 5.95. The van der Waals surface area contributed by atoms with E-state index in [1.165, 1.54) is 11.3 Å². The van der Waals surface area contributed by atoms with E-state index in [9.17, 15) is 8.42 Å². The predicted molar refractivity (Wildman–Crippen MR) is 78.8 cm³/mol. The van der Waals surface area contributed by atoms with Crippen LogP contribution in [0.2, 0.25) is 0 Å². The molecule has 1 atom stereocenters. The monoisotopic (exact) mass is 368 g/mol. The summed E-state index contributed by atoms with van der Waals surface area (Å²) in [7, 11) is -1.50. The third kappa shape index (κ3) is 3.03. The molecule has 1 saturated heterocycles. The van der Waals surface area contributed by atoms with Gasteiger partial charge < -0.3 is 10.0 Å². The third-order valence-corrected chi connectivity index (χ3v) is 7.47. The van der Waals surface area contributed by atoms with Crippen LogP contribution < -0.4 is 0 Å². The summed E-state index contributed by atoms with van der Waals surface area (Å²) >= 11 is 4.54. The van der Waals surface area contributed by atoms with E-state index in [1.807, 2.05) is 14.0 Å². The topological polar surface area (TPSA) is 60.9 Å². The Bertz CT molecular complexity index is 558. The van der Waals surface area contributed by atoms with Gasteiger partial charge in [-0.3, -0.25) is 0 Å². The number of sulfonamides is 1. The number of hydrogen-bond donors (Lipinski definition) is 1. The van der Waals surface area contributed by atoms with Crippen molar-refractivity contribution in [3.63, 3.8) is 0 Å². The lowest BCUT2D eigenvalue weighted by atomic mass is 10.2. The Labute approximate surface area is 126 Å². The van der Waals surface area contributed by atoms with Crippen molar-refractivity contribution in [3.05, 3.63) is 14.7 Å². The first-order chi connectivity index (χ1) is 8.86. The molecule has 1 aliphatic rings. The van der Waals surface area contributed by atoms with Crippen LogP contribution in [-0.2, 0) is 16.6 Å². The summed E-state index contributed by atoms with van der Waals surface area (Å²) in [6.45, 7) is 3.74. The highest BCUT2D eigenvalue weighted by Crippen LogP contribution is 2.34. The summed E-state index contributed by atoms with van der Waals surface area (Å²) in [5.41, 5.74) is 0. The van der Waals surface area contributed by atoms with E-state index < -0.39 is 10.0 Å². The molecule has 1 aromatic rings. The van der Waals surface area contributed by atoms with Crippen LogP contribution in [0.5, 0.6) is 0 Å². The smallest absolute Gasteiger partial charge is 0.245 e. The highest BCUT2D eigenvalue weighted by atomic mass is 79.9. The van der Waals surface area contributed by atoms with Crippen molar-refractivity contribution in [2.24, 2.45) is 0 Å². The molecule has 0 amide bonds. The second-order valence-electron chi connectivity index (χ2n) is 4.74. The van der Waals surface area contributed by atoms with Crippen LogP contribution in [0.15, 0.2) is 14.7 Å². The zero-order chi connectivity index (χ0) is 14.2. The summed E-state index contributed by atoms with van der Waals surface area (Å²) < 4.78 is 27.4. The zero-order valence-corrected chi connectivity index (χ0v) is 14.1. The highest BCUT2D eigenvalue weighted by Gasteiger charge is 2.34. The Hall–Kier alpha value is 0.01000. The normalized spacial score (nSPS) is 22.8. The molecule has 8 heteroatoms. The van der Waals surface area contributed by atoms with E-state index in [1.54, 1.807) is 10.4 Å². The number of thiophene rings is 1. The maximum absolute atomic E-state index is 12.7. The van der Waals surface area contributed by atoms with Gasteiger partial charge >= 0.3 is 0 Å². The Kier molecular flexibility index (Phi) is 4.69. The minimum Gasteiger partial charge on any atom is -0.391 e. The molecular formula is C11H17BrN2O3S2. The first-order valence-corrected chi connectivity index (χ1v) is 9.00. The maximum Gasteiger partial charge on any atom is 0.245 e. The molecule has 0 bridgehead atoms. The summed E-state index contributed by atoms with van der Waals surface area (Å²) in [6, 6.07) is 1.50. The van der Waals surface area contributed by atoms with Gasteiger partial charge in [-0.15, -0.1) is 11.3 Å². The second kappa shape index (κ2) is 5.79. The van der Waals surface area contributed by atoms with Crippen LogP contribution in [0.1, 0.15) is 11.8 Å². The third-order valence-electron chi connectivity index (χ3n) is 3.22. The fourth-order valence-electron chi connectivity index (χ4n) is 2.26. The van der Waals surface area contributed by atoms with Crippen molar-refractivity contribution in [1.29, 1.82) is 0 Å². The van der Waals surface area contributed by atoms with Crippen molar-refractivity contribution in [2.45, 2.75) is 24.5 Å². The molecule has 1 aromatic heterocycles. The van der Waals surface area contributed by atoms with E-state index in [-0.39, 0.29) is 17.5 Å². The number of nitrogens with zero attached hydrogens (tertiary/aromatic N) is 2. The summed E-state index contributed by atoms with van der Waals surface area (Å²) in [5, 5.41) is 9.11. The van der Waals surface area contributed by atoms with Gasteiger partial charge in [0.2, 0.25) is 10.0 Å². The van der Waals surface area contributed by atoms with Crippen molar-refractivity contribution in [3.8, 4) is 0 Å². The van der Waals surface area contributed by atoms with Gasteiger partial charge in [0.05, 0.1) is 10.4 Å². The highest BCUT2D eigenvalue weighted by molar-refractivity contribution is 9.11. The molecule has 0 radical (unpaired) electrons. The average Bonchev–Trinajstić information content (AvgIpc) is 2.70. The molecule has 0 saturated carbocycles. The standard InChI is InChI=1S/C11H17BrN2O3S2/c1-8-6-13(2)3-4-14(8)19(16,17)10-5-9(7-15)18-11(10)12/h5,8,15H,3-4,6-7H2,1-2H3. The van der Waals surface area contributed by atoms with Crippen LogP contribution >= 0.6 is 27.3 Å². The molecule has 2 heterocycles. The number of halogens is 1. The van der Waals surface area contributed by atoms with E-state index in [0.717, 1.165) is 13.1 Å². The molecule has 1 N–H and O–H groups in total. The Morgan fingerprint density at radius 2 is 2.21 bits per heavy atom. The lowest BCUT2D eigenvalue weighted by Crippen LogP contribution is -2.52. The largest absolute Gasteiger partial charge is 0.391 e. The Morgan fingerprint density at radius 3 is 2.74 bits per heavy atom. The second-order valence-corrected chi connectivity index (χ2v) is 9.05. The quantitative estimate of drug-likeness (QED) is 0.873. The van der Waals surface area contributed by atoms with Gasteiger partial charge in [-0.25, -0.2) is 8.42 Å². The van der Waals surface area contributed by atoms with Crippen LogP contribution in [-0.4, -0.2) is 55.5 Å². The van der Waals surface area contributed by atoms with E-state index in [2.05, 4.69) is 20.8 Å². The predicted octanol–water partition coefficient (Wildman–Crippen LogP) is 1.33. The van der Waals surface area contributed by atoms with Gasteiger partial charge in [0, 0.05) is 30.6 Å². The lowest BCUT2D eigenvalue weighted by Gasteiger charge is -2.37. The van der Waals surface area contributed by atoms with Gasteiger partial charge in [-0.05, 0) is 36.0 Å². The Morgan fingerprint density at radius 1 is 1.53 bits per heavy atom. The minimum absolute atomic E-state index is 0.0480. The molecule has 19 heavy (non-hydrogen) atoms. The minimum atomic E-state index is -3.50. The summed E-state index contributed by atoms with van der Waals surface area (Å²) in [4.78, 5) is 3.03. The fraction of sp³-hybridized carbons (Fsp3) is 0.636. The van der Waals surface area contributed by atoms with Crippen molar-refractivity contribution >= 4 is 37.3 Å². The van der Waals surface area contributed by atoms with Crippen LogP contribution in [0, 0.1) is 0 Å². The van der Waals surface area contributed by atoms with Crippen LogP contribution in [0.25, 0.3) is 0 Å². The van der Waals surface area contributed by atoms with Gasteiger partial charge in [-0.1, -0.05) is 0 Å². The SMILES string of the molecule is CC1CN(C)CCN1S(=O)(=O)c1cc(CO)sc1Br. The number of piperazine rings is 1. The number of aliphatic hydroxyl groups is 1. The average molecular weight is 369 g/mol. The Balaban J connectivity index is 2.34. The van der Waals surface area contributed by atoms with Crippen molar-refractivity contribution in [2.75, 3.05) is 26.7 Å². The number of aliphatic hydroxyl groups excluding tert-OH is 1. The number of likely N-dealkylation sites (N-methyl/N-ethyl adjacent to an activating group) is 1. The van der Waals surface area contributed by atoms with Gasteiger partial charge in [0.25, 0.3) is 0 Å². The summed E-state index contributed by atoms with van der Waals surface area (Å²) in [6.07, 6.45) is 0. The van der Waals surface area contributed by atoms with Crippen LogP contribution in [0.3, 0.4) is 0 Å². The molecule has 5 nitrogen and oxygen atoms in total. The molecular weight excluding hydrogens is 352 g/mol. The molecule has 0 spiro atoms. The van der Waals surface area contributed by atoms with Crippen molar-refractivity contribution in [1.82, 2.24) is 9.21 Å². The van der Waals surface area contributed by atoms with Crippen molar-refractivity contribution < 1.29 is 13.5 Å². The fourth-order valence-corrected chi connectivity index (χ4v) is 6.37. The molecule has 0 aromatic carbocycles. The lowest BCUT2D eigenvalue weighted by molar-refractivity contribution is 0.170. The molecule has 2 rings (SSSR count). The molecule has 0 aliphatic carbocycles.